The van der Waals surface area contributed by atoms with Crippen LogP contribution in [0.1, 0.15) is 31.3 Å². The van der Waals surface area contributed by atoms with Crippen molar-refractivity contribution in [3.05, 3.63) is 40.3 Å². The number of amides is 1. The number of nitrogens with zero attached hydrogens (tertiary/aromatic N) is 1. The van der Waals surface area contributed by atoms with E-state index in [1.807, 2.05) is 20.8 Å². The maximum Gasteiger partial charge on any atom is 0.272 e. The molecule has 100 valence electrons. The Morgan fingerprint density at radius 3 is 2.47 bits per heavy atom. The summed E-state index contributed by atoms with van der Waals surface area (Å²) in [6.45, 7) is 6.00. The molecule has 0 fully saturated rings. The second-order valence-electron chi connectivity index (χ2n) is 4.95. The van der Waals surface area contributed by atoms with E-state index < -0.39 is 0 Å². The molecule has 1 heterocycles. The van der Waals surface area contributed by atoms with Gasteiger partial charge >= 0.3 is 0 Å². The molecule has 0 saturated heterocycles. The van der Waals surface area contributed by atoms with Gasteiger partial charge in [0.15, 0.2) is 5.69 Å². The number of aromatic amines is 1. The summed E-state index contributed by atoms with van der Waals surface area (Å²) in [7, 11) is 0. The number of H-pyrrole nitrogens is 1. The molecule has 1 aromatic heterocycles. The Morgan fingerprint density at radius 2 is 1.84 bits per heavy atom. The largest absolute Gasteiger partial charge is 0.348 e. The van der Waals surface area contributed by atoms with Gasteiger partial charge in [0.2, 0.25) is 0 Å². The van der Waals surface area contributed by atoms with E-state index in [4.69, 9.17) is 0 Å². The van der Waals surface area contributed by atoms with Gasteiger partial charge in [-0.1, -0.05) is 32.0 Å². The molecule has 2 aromatic rings. The molecule has 5 nitrogen and oxygen atoms in total. The van der Waals surface area contributed by atoms with Crippen LogP contribution in [-0.4, -0.2) is 22.1 Å². The fraction of sp³-hybridized carbons (Fsp3) is 0.357. The Bertz CT molecular complexity index is 661. The molecule has 2 N–H and O–H groups in total. The third-order valence-corrected chi connectivity index (χ3v) is 3.27. The van der Waals surface area contributed by atoms with Crippen LogP contribution in [0.25, 0.3) is 10.8 Å². The summed E-state index contributed by atoms with van der Waals surface area (Å²) in [5.74, 6) is 0.0617. The number of carbonyl (C=O) groups excluding carboxylic acids is 1. The third-order valence-electron chi connectivity index (χ3n) is 3.27. The Balaban J connectivity index is 2.43. The van der Waals surface area contributed by atoms with Gasteiger partial charge in [0.1, 0.15) is 0 Å². The van der Waals surface area contributed by atoms with Crippen molar-refractivity contribution >= 4 is 16.7 Å². The summed E-state index contributed by atoms with van der Waals surface area (Å²) < 4.78 is 0. The van der Waals surface area contributed by atoms with Crippen molar-refractivity contribution in [3.8, 4) is 0 Å². The van der Waals surface area contributed by atoms with Gasteiger partial charge in [0, 0.05) is 11.4 Å². The number of aromatic nitrogens is 2. The monoisotopic (exact) mass is 259 g/mol. The van der Waals surface area contributed by atoms with E-state index in [1.165, 1.54) is 0 Å². The van der Waals surface area contributed by atoms with E-state index in [-0.39, 0.29) is 23.2 Å². The lowest BCUT2D eigenvalue weighted by molar-refractivity contribution is 0.0926. The molecule has 1 unspecified atom stereocenters. The second-order valence-corrected chi connectivity index (χ2v) is 4.95. The van der Waals surface area contributed by atoms with Crippen molar-refractivity contribution in [1.82, 2.24) is 15.5 Å². The highest BCUT2D eigenvalue weighted by Gasteiger charge is 2.17. The maximum atomic E-state index is 12.2. The minimum absolute atomic E-state index is 0.0417. The third kappa shape index (κ3) is 2.65. The van der Waals surface area contributed by atoms with Crippen molar-refractivity contribution in [2.45, 2.75) is 26.8 Å². The highest BCUT2D eigenvalue weighted by Crippen LogP contribution is 2.12. The number of carbonyl (C=O) groups is 1. The van der Waals surface area contributed by atoms with Gasteiger partial charge in [-0.25, -0.2) is 5.10 Å². The van der Waals surface area contributed by atoms with Crippen LogP contribution in [-0.2, 0) is 0 Å². The van der Waals surface area contributed by atoms with Crippen molar-refractivity contribution < 1.29 is 4.79 Å². The molecule has 0 aliphatic rings. The molecule has 2 rings (SSSR count). The molecule has 0 spiro atoms. The predicted molar refractivity (Wildman–Crippen MR) is 74.1 cm³/mol. The normalized spacial score (nSPS) is 12.6. The fourth-order valence-corrected chi connectivity index (χ4v) is 1.73. The highest BCUT2D eigenvalue weighted by molar-refractivity contribution is 6.04. The maximum absolute atomic E-state index is 12.2. The lowest BCUT2D eigenvalue weighted by atomic mass is 10.1. The molecule has 1 aromatic carbocycles. The zero-order chi connectivity index (χ0) is 14.0. The first kappa shape index (κ1) is 13.3. The van der Waals surface area contributed by atoms with Crippen LogP contribution in [0.3, 0.4) is 0 Å². The van der Waals surface area contributed by atoms with Gasteiger partial charge in [-0.15, -0.1) is 0 Å². The Hall–Kier alpha value is -2.17. The molecular formula is C14H17N3O2. The number of hydrogen-bond acceptors (Lipinski definition) is 3. The van der Waals surface area contributed by atoms with Crippen LogP contribution in [0, 0.1) is 5.92 Å². The van der Waals surface area contributed by atoms with E-state index in [1.54, 1.807) is 24.3 Å². The molecule has 5 heteroatoms. The summed E-state index contributed by atoms with van der Waals surface area (Å²) >= 11 is 0. The van der Waals surface area contributed by atoms with E-state index in [2.05, 4.69) is 15.5 Å². The summed E-state index contributed by atoms with van der Waals surface area (Å²) in [6, 6.07) is 6.99. The number of rotatable bonds is 3. The summed E-state index contributed by atoms with van der Waals surface area (Å²) in [6.07, 6.45) is 0. The molecule has 0 saturated carbocycles. The molecule has 1 atom stereocenters. The highest BCUT2D eigenvalue weighted by atomic mass is 16.2. The zero-order valence-corrected chi connectivity index (χ0v) is 11.2. The molecular weight excluding hydrogens is 242 g/mol. The number of hydrogen-bond donors (Lipinski definition) is 2. The van der Waals surface area contributed by atoms with Crippen molar-refractivity contribution in [3.63, 3.8) is 0 Å². The SMILES string of the molecule is CC(C)C(C)NC(=O)c1n[nH]c(=O)c2ccccc12. The first-order valence-electron chi connectivity index (χ1n) is 6.29. The smallest absolute Gasteiger partial charge is 0.272 e. The quantitative estimate of drug-likeness (QED) is 0.881. The van der Waals surface area contributed by atoms with Gasteiger partial charge in [0.25, 0.3) is 11.5 Å². The van der Waals surface area contributed by atoms with Crippen LogP contribution >= 0.6 is 0 Å². The van der Waals surface area contributed by atoms with Crippen LogP contribution < -0.4 is 10.9 Å². The first-order chi connectivity index (χ1) is 9.00. The Kier molecular flexibility index (Phi) is 3.64. The standard InChI is InChI=1S/C14H17N3O2/c1-8(2)9(3)15-14(19)12-10-6-4-5-7-11(10)13(18)17-16-12/h4-9H,1-3H3,(H,15,19)(H,17,18). The molecule has 1 amide bonds. The van der Waals surface area contributed by atoms with Crippen molar-refractivity contribution in [2.75, 3.05) is 0 Å². The lowest BCUT2D eigenvalue weighted by Gasteiger charge is -2.17. The van der Waals surface area contributed by atoms with E-state index in [9.17, 15) is 9.59 Å². The number of nitrogens with one attached hydrogen (secondary N) is 2. The number of fused-ring (bicyclic) bond motifs is 1. The minimum atomic E-state index is -0.288. The van der Waals surface area contributed by atoms with E-state index in [0.717, 1.165) is 0 Å². The summed E-state index contributed by atoms with van der Waals surface area (Å²) in [5.41, 5.74) is -0.0354. The first-order valence-corrected chi connectivity index (χ1v) is 6.29. The molecule has 0 radical (unpaired) electrons. The summed E-state index contributed by atoms with van der Waals surface area (Å²) in [5, 5.41) is 10.2. The van der Waals surface area contributed by atoms with Crippen molar-refractivity contribution in [2.24, 2.45) is 5.92 Å². The molecule has 0 aliphatic carbocycles. The zero-order valence-electron chi connectivity index (χ0n) is 11.2. The minimum Gasteiger partial charge on any atom is -0.348 e. The topological polar surface area (TPSA) is 74.8 Å². The average molecular weight is 259 g/mol. The molecule has 19 heavy (non-hydrogen) atoms. The van der Waals surface area contributed by atoms with Gasteiger partial charge in [-0.2, -0.15) is 5.10 Å². The predicted octanol–water partition coefficient (Wildman–Crippen LogP) is 1.70. The van der Waals surface area contributed by atoms with Crippen LogP contribution in [0.5, 0.6) is 0 Å². The fourth-order valence-electron chi connectivity index (χ4n) is 1.73. The average Bonchev–Trinajstić information content (AvgIpc) is 2.39. The van der Waals surface area contributed by atoms with E-state index >= 15 is 0 Å². The van der Waals surface area contributed by atoms with E-state index in [0.29, 0.717) is 16.7 Å². The lowest BCUT2D eigenvalue weighted by Crippen LogP contribution is -2.37. The van der Waals surface area contributed by atoms with Crippen LogP contribution in [0.15, 0.2) is 29.1 Å². The van der Waals surface area contributed by atoms with Gasteiger partial charge < -0.3 is 5.32 Å². The van der Waals surface area contributed by atoms with Crippen LogP contribution in [0.4, 0.5) is 0 Å². The summed E-state index contributed by atoms with van der Waals surface area (Å²) in [4.78, 5) is 23.8. The van der Waals surface area contributed by atoms with Gasteiger partial charge in [-0.3, -0.25) is 9.59 Å². The van der Waals surface area contributed by atoms with Gasteiger partial charge in [0.05, 0.1) is 5.39 Å². The Labute approximate surface area is 111 Å². The van der Waals surface area contributed by atoms with Crippen molar-refractivity contribution in [1.29, 1.82) is 0 Å². The molecule has 0 bridgehead atoms. The number of benzene rings is 1. The molecule has 0 aliphatic heterocycles. The van der Waals surface area contributed by atoms with Gasteiger partial charge in [-0.05, 0) is 18.9 Å². The second kappa shape index (κ2) is 5.22. The van der Waals surface area contributed by atoms with Crippen LogP contribution in [0.2, 0.25) is 0 Å². The Morgan fingerprint density at radius 1 is 1.21 bits per heavy atom.